The van der Waals surface area contributed by atoms with Crippen LogP contribution in [0, 0.1) is 5.82 Å². The van der Waals surface area contributed by atoms with E-state index in [1.54, 1.807) is 53.4 Å². The lowest BCUT2D eigenvalue weighted by Crippen LogP contribution is -2.27. The number of benzene rings is 1. The monoisotopic (exact) mass is 423 g/mol. The van der Waals surface area contributed by atoms with E-state index in [0.29, 0.717) is 29.0 Å². The molecule has 0 radical (unpaired) electrons. The highest BCUT2D eigenvalue weighted by molar-refractivity contribution is 7.99. The van der Waals surface area contributed by atoms with Gasteiger partial charge in [-0.2, -0.15) is 0 Å². The summed E-state index contributed by atoms with van der Waals surface area (Å²) in [5.41, 5.74) is 1.52. The van der Waals surface area contributed by atoms with E-state index in [4.69, 9.17) is 4.42 Å². The molecule has 0 saturated heterocycles. The van der Waals surface area contributed by atoms with Crippen molar-refractivity contribution in [1.29, 1.82) is 0 Å². The second-order valence-electron chi connectivity index (χ2n) is 6.47. The SMILES string of the molecule is CN(Cc1ccco1)C(=O)CSc1nnc(-c2ccncc2)n1-c1ccc(F)cc1. The number of furan rings is 1. The number of carbonyl (C=O) groups is 1. The fourth-order valence-electron chi connectivity index (χ4n) is 2.84. The molecule has 0 aliphatic rings. The van der Waals surface area contributed by atoms with Crippen molar-refractivity contribution < 1.29 is 13.6 Å². The average molecular weight is 423 g/mol. The molecule has 0 atom stereocenters. The second kappa shape index (κ2) is 8.91. The van der Waals surface area contributed by atoms with Gasteiger partial charge in [-0.25, -0.2) is 4.39 Å². The average Bonchev–Trinajstić information content (AvgIpc) is 3.43. The Morgan fingerprint density at radius 1 is 1.13 bits per heavy atom. The highest BCUT2D eigenvalue weighted by Gasteiger charge is 2.19. The fourth-order valence-corrected chi connectivity index (χ4v) is 3.73. The van der Waals surface area contributed by atoms with Crippen LogP contribution >= 0.6 is 11.8 Å². The number of halogens is 1. The summed E-state index contributed by atoms with van der Waals surface area (Å²) in [6.45, 7) is 0.388. The van der Waals surface area contributed by atoms with E-state index >= 15 is 0 Å². The first-order valence-corrected chi connectivity index (χ1v) is 10.1. The number of rotatable bonds is 7. The minimum absolute atomic E-state index is 0.0736. The minimum atomic E-state index is -0.332. The summed E-state index contributed by atoms with van der Waals surface area (Å²) in [6.07, 6.45) is 4.91. The number of carbonyl (C=O) groups excluding carboxylic acids is 1. The molecule has 0 saturated carbocycles. The van der Waals surface area contributed by atoms with Gasteiger partial charge in [0.1, 0.15) is 11.6 Å². The van der Waals surface area contributed by atoms with E-state index in [1.807, 2.05) is 18.2 Å². The van der Waals surface area contributed by atoms with Crippen LogP contribution in [0.3, 0.4) is 0 Å². The molecule has 30 heavy (non-hydrogen) atoms. The third kappa shape index (κ3) is 4.41. The van der Waals surface area contributed by atoms with Gasteiger partial charge < -0.3 is 9.32 Å². The normalized spacial score (nSPS) is 10.9. The van der Waals surface area contributed by atoms with Crippen LogP contribution in [-0.2, 0) is 11.3 Å². The maximum atomic E-state index is 13.4. The number of thioether (sulfide) groups is 1. The standard InChI is InChI=1S/C21H18FN5O2S/c1-26(13-18-3-2-12-29-18)19(28)14-30-21-25-24-20(15-8-10-23-11-9-15)27(21)17-6-4-16(22)5-7-17/h2-12H,13-14H2,1H3. The molecule has 3 aromatic heterocycles. The molecule has 0 spiro atoms. The number of aromatic nitrogens is 4. The van der Waals surface area contributed by atoms with Crippen LogP contribution in [0.15, 0.2) is 76.8 Å². The molecule has 9 heteroatoms. The summed E-state index contributed by atoms with van der Waals surface area (Å²) >= 11 is 1.27. The molecule has 4 aromatic rings. The molecule has 0 fully saturated rings. The zero-order valence-corrected chi connectivity index (χ0v) is 16.9. The third-order valence-corrected chi connectivity index (χ3v) is 5.29. The molecule has 152 valence electrons. The van der Waals surface area contributed by atoms with E-state index < -0.39 is 0 Å². The smallest absolute Gasteiger partial charge is 0.233 e. The molecular formula is C21H18FN5O2S. The van der Waals surface area contributed by atoms with Gasteiger partial charge in [0.2, 0.25) is 5.91 Å². The molecular weight excluding hydrogens is 405 g/mol. The highest BCUT2D eigenvalue weighted by Crippen LogP contribution is 2.28. The number of hydrogen-bond donors (Lipinski definition) is 0. The van der Waals surface area contributed by atoms with Crippen molar-refractivity contribution in [1.82, 2.24) is 24.6 Å². The molecule has 0 unspecified atom stereocenters. The first kappa shape index (κ1) is 19.8. The zero-order chi connectivity index (χ0) is 20.9. The van der Waals surface area contributed by atoms with Gasteiger partial charge >= 0.3 is 0 Å². The van der Waals surface area contributed by atoms with E-state index in [1.165, 1.54) is 23.9 Å². The minimum Gasteiger partial charge on any atom is -0.467 e. The topological polar surface area (TPSA) is 77.1 Å². The van der Waals surface area contributed by atoms with Gasteiger partial charge in [0.25, 0.3) is 0 Å². The maximum Gasteiger partial charge on any atom is 0.233 e. The van der Waals surface area contributed by atoms with Gasteiger partial charge in [-0.15, -0.1) is 10.2 Å². The summed E-state index contributed by atoms with van der Waals surface area (Å²) in [5.74, 6) is 1.07. The summed E-state index contributed by atoms with van der Waals surface area (Å²) in [5, 5.41) is 9.11. The van der Waals surface area contributed by atoms with Gasteiger partial charge in [-0.3, -0.25) is 14.3 Å². The van der Waals surface area contributed by atoms with E-state index in [0.717, 1.165) is 5.56 Å². The van der Waals surface area contributed by atoms with Gasteiger partial charge in [-0.1, -0.05) is 11.8 Å². The molecule has 0 aliphatic heterocycles. The molecule has 1 amide bonds. The van der Waals surface area contributed by atoms with Crippen molar-refractivity contribution in [2.24, 2.45) is 0 Å². The summed E-state index contributed by atoms with van der Waals surface area (Å²) in [7, 11) is 1.72. The lowest BCUT2D eigenvalue weighted by Gasteiger charge is -2.15. The fraction of sp³-hybridized carbons (Fsp3) is 0.143. The van der Waals surface area contributed by atoms with E-state index in [2.05, 4.69) is 15.2 Å². The quantitative estimate of drug-likeness (QED) is 0.421. The molecule has 7 nitrogen and oxygen atoms in total. The van der Waals surface area contributed by atoms with Crippen molar-refractivity contribution in [2.45, 2.75) is 11.7 Å². The van der Waals surface area contributed by atoms with Crippen LogP contribution in [0.2, 0.25) is 0 Å². The largest absolute Gasteiger partial charge is 0.467 e. The molecule has 0 N–H and O–H groups in total. The van der Waals surface area contributed by atoms with Crippen LogP contribution in [0.25, 0.3) is 17.1 Å². The van der Waals surface area contributed by atoms with Crippen molar-refractivity contribution in [2.75, 3.05) is 12.8 Å². The lowest BCUT2D eigenvalue weighted by atomic mass is 10.2. The molecule has 4 rings (SSSR count). The maximum absolute atomic E-state index is 13.4. The summed E-state index contributed by atoms with van der Waals surface area (Å²) in [6, 6.07) is 13.3. The van der Waals surface area contributed by atoms with Gasteiger partial charge in [0, 0.05) is 30.7 Å². The van der Waals surface area contributed by atoms with Crippen molar-refractivity contribution >= 4 is 17.7 Å². The van der Waals surface area contributed by atoms with Crippen LogP contribution in [-0.4, -0.2) is 43.4 Å². The second-order valence-corrected chi connectivity index (χ2v) is 7.41. The number of hydrogen-bond acceptors (Lipinski definition) is 6. The van der Waals surface area contributed by atoms with Crippen LogP contribution in [0.4, 0.5) is 4.39 Å². The van der Waals surface area contributed by atoms with Crippen LogP contribution < -0.4 is 0 Å². The Labute approximate surface area is 176 Å². The Kier molecular flexibility index (Phi) is 5.89. The Hall–Kier alpha value is -3.46. The van der Waals surface area contributed by atoms with E-state index in [-0.39, 0.29) is 17.5 Å². The zero-order valence-electron chi connectivity index (χ0n) is 16.1. The molecule has 1 aromatic carbocycles. The lowest BCUT2D eigenvalue weighted by molar-refractivity contribution is -0.127. The van der Waals surface area contributed by atoms with Gasteiger partial charge in [-0.05, 0) is 48.5 Å². The Bertz CT molecular complexity index is 1110. The first-order valence-electron chi connectivity index (χ1n) is 9.13. The Balaban J connectivity index is 1.57. The van der Waals surface area contributed by atoms with Crippen LogP contribution in [0.1, 0.15) is 5.76 Å². The van der Waals surface area contributed by atoms with Gasteiger partial charge in [0.15, 0.2) is 11.0 Å². The first-order chi connectivity index (χ1) is 14.6. The summed E-state index contributed by atoms with van der Waals surface area (Å²) in [4.78, 5) is 18.2. The Morgan fingerprint density at radius 2 is 1.90 bits per heavy atom. The van der Waals surface area contributed by atoms with Crippen molar-refractivity contribution in [3.8, 4) is 17.1 Å². The molecule has 3 heterocycles. The molecule has 0 bridgehead atoms. The number of amides is 1. The van der Waals surface area contributed by atoms with Crippen molar-refractivity contribution in [3.05, 3.63) is 78.8 Å². The number of pyridine rings is 1. The predicted octanol–water partition coefficient (Wildman–Crippen LogP) is 3.81. The van der Waals surface area contributed by atoms with Crippen LogP contribution in [0.5, 0.6) is 0 Å². The third-order valence-electron chi connectivity index (χ3n) is 4.38. The Morgan fingerprint density at radius 3 is 2.60 bits per heavy atom. The number of nitrogens with zero attached hydrogens (tertiary/aromatic N) is 5. The van der Waals surface area contributed by atoms with Crippen molar-refractivity contribution in [3.63, 3.8) is 0 Å². The van der Waals surface area contributed by atoms with Gasteiger partial charge in [0.05, 0.1) is 18.6 Å². The molecule has 0 aliphatic carbocycles. The predicted molar refractivity (Wildman–Crippen MR) is 110 cm³/mol. The highest BCUT2D eigenvalue weighted by atomic mass is 32.2. The van der Waals surface area contributed by atoms with E-state index in [9.17, 15) is 9.18 Å². The summed E-state index contributed by atoms with van der Waals surface area (Å²) < 4.78 is 20.5.